The number of nitrogens with zero attached hydrogens (tertiary/aromatic N) is 1. The first-order valence-corrected chi connectivity index (χ1v) is 5.94. The molecule has 0 saturated carbocycles. The molecule has 80 valence electrons. The summed E-state index contributed by atoms with van der Waals surface area (Å²) >= 11 is 4.52. The number of fused-ring (bicyclic) bond motifs is 1. The molecule has 0 radical (unpaired) electrons. The minimum absolute atomic E-state index is 1.04. The first kappa shape index (κ1) is 9.79. The van der Waals surface area contributed by atoms with Crippen molar-refractivity contribution in [3.63, 3.8) is 0 Å². The third-order valence-corrected chi connectivity index (χ3v) is 3.44. The number of para-hydroxylation sites is 2. The Bertz CT molecular complexity index is 522. The van der Waals surface area contributed by atoms with E-state index in [1.165, 1.54) is 16.9 Å². The van der Waals surface area contributed by atoms with Crippen molar-refractivity contribution < 1.29 is 0 Å². The predicted molar refractivity (Wildman–Crippen MR) is 70.8 cm³/mol. The smallest absolute Gasteiger partial charge is 0.0546 e. The van der Waals surface area contributed by atoms with Crippen LogP contribution in [-0.4, -0.2) is 6.54 Å². The van der Waals surface area contributed by atoms with Gasteiger partial charge in [-0.15, -0.1) is 12.6 Å². The number of hydrogen-bond acceptors (Lipinski definition) is 2. The van der Waals surface area contributed by atoms with E-state index in [-0.39, 0.29) is 0 Å². The topological polar surface area (TPSA) is 3.24 Å². The summed E-state index contributed by atoms with van der Waals surface area (Å²) in [5, 5.41) is 0. The van der Waals surface area contributed by atoms with Crippen LogP contribution in [0.5, 0.6) is 0 Å². The molecule has 3 rings (SSSR count). The van der Waals surface area contributed by atoms with E-state index in [0.29, 0.717) is 0 Å². The van der Waals surface area contributed by atoms with E-state index in [4.69, 9.17) is 0 Å². The summed E-state index contributed by atoms with van der Waals surface area (Å²) in [4.78, 5) is 3.39. The van der Waals surface area contributed by atoms with Gasteiger partial charge in [0.25, 0.3) is 0 Å². The zero-order valence-corrected chi connectivity index (χ0v) is 9.82. The maximum Gasteiger partial charge on any atom is 0.0546 e. The lowest BCUT2D eigenvalue weighted by molar-refractivity contribution is 0.987. The maximum absolute atomic E-state index is 4.52. The Hall–Kier alpha value is -1.41. The molecule has 1 aliphatic rings. The Labute approximate surface area is 101 Å². The molecule has 0 atom stereocenters. The molecule has 2 aromatic rings. The maximum atomic E-state index is 4.52. The second kappa shape index (κ2) is 3.87. The van der Waals surface area contributed by atoms with Crippen molar-refractivity contribution in [3.8, 4) is 0 Å². The molecule has 0 aromatic heterocycles. The molecule has 0 spiro atoms. The molecule has 0 fully saturated rings. The number of benzene rings is 2. The molecule has 0 N–H and O–H groups in total. The van der Waals surface area contributed by atoms with Gasteiger partial charge < -0.3 is 4.90 Å². The number of anilines is 2. The molecule has 0 saturated heterocycles. The monoisotopic (exact) mass is 227 g/mol. The molecule has 0 amide bonds. The highest BCUT2D eigenvalue weighted by Gasteiger charge is 2.20. The second-order valence-electron chi connectivity index (χ2n) is 4.02. The van der Waals surface area contributed by atoms with Crippen molar-refractivity contribution >= 4 is 24.0 Å². The van der Waals surface area contributed by atoms with Crippen molar-refractivity contribution in [1.82, 2.24) is 0 Å². The van der Waals surface area contributed by atoms with E-state index < -0.39 is 0 Å². The standard InChI is InChI=1S/C14H13NS/c16-14-8-4-3-7-13(14)15-10-9-11-5-1-2-6-12(11)15/h1-8,16H,9-10H2. The van der Waals surface area contributed by atoms with Crippen molar-refractivity contribution in [3.05, 3.63) is 54.1 Å². The summed E-state index contributed by atoms with van der Waals surface area (Å²) in [6.45, 7) is 1.05. The second-order valence-corrected chi connectivity index (χ2v) is 4.50. The van der Waals surface area contributed by atoms with Gasteiger partial charge in [0.2, 0.25) is 0 Å². The average molecular weight is 227 g/mol. The summed E-state index contributed by atoms with van der Waals surface area (Å²) in [6, 6.07) is 16.8. The van der Waals surface area contributed by atoms with E-state index in [9.17, 15) is 0 Å². The number of rotatable bonds is 1. The third-order valence-electron chi connectivity index (χ3n) is 3.06. The number of thiol groups is 1. The first-order valence-electron chi connectivity index (χ1n) is 5.50. The SMILES string of the molecule is Sc1ccccc1N1CCc2ccccc21. The Kier molecular flexibility index (Phi) is 2.37. The van der Waals surface area contributed by atoms with Crippen LogP contribution < -0.4 is 4.90 Å². The van der Waals surface area contributed by atoms with Gasteiger partial charge in [0.1, 0.15) is 0 Å². The van der Waals surface area contributed by atoms with Gasteiger partial charge in [-0.3, -0.25) is 0 Å². The predicted octanol–water partition coefficient (Wildman–Crippen LogP) is 3.67. The third kappa shape index (κ3) is 1.50. The van der Waals surface area contributed by atoms with Crippen LogP contribution in [0.4, 0.5) is 11.4 Å². The Balaban J connectivity index is 2.08. The van der Waals surface area contributed by atoms with E-state index in [2.05, 4.69) is 53.9 Å². The van der Waals surface area contributed by atoms with Gasteiger partial charge in [0.05, 0.1) is 5.69 Å². The summed E-state index contributed by atoms with van der Waals surface area (Å²) in [7, 11) is 0. The highest BCUT2D eigenvalue weighted by atomic mass is 32.1. The lowest BCUT2D eigenvalue weighted by atomic mass is 10.2. The molecule has 1 nitrogen and oxygen atoms in total. The summed E-state index contributed by atoms with van der Waals surface area (Å²) in [5.74, 6) is 0. The van der Waals surface area contributed by atoms with Gasteiger partial charge >= 0.3 is 0 Å². The molecular weight excluding hydrogens is 214 g/mol. The van der Waals surface area contributed by atoms with E-state index >= 15 is 0 Å². The van der Waals surface area contributed by atoms with Gasteiger partial charge in [0, 0.05) is 17.1 Å². The van der Waals surface area contributed by atoms with Crippen molar-refractivity contribution in [2.45, 2.75) is 11.3 Å². The lowest BCUT2D eigenvalue weighted by Gasteiger charge is -2.21. The van der Waals surface area contributed by atoms with E-state index in [1.807, 2.05) is 12.1 Å². The Morgan fingerprint density at radius 3 is 2.38 bits per heavy atom. The molecule has 1 heterocycles. The number of hydrogen-bond donors (Lipinski definition) is 1. The quantitative estimate of drug-likeness (QED) is 0.727. The van der Waals surface area contributed by atoms with Crippen LogP contribution >= 0.6 is 12.6 Å². The van der Waals surface area contributed by atoms with Crippen molar-refractivity contribution in [2.75, 3.05) is 11.4 Å². The molecule has 0 aliphatic carbocycles. The molecule has 2 aromatic carbocycles. The fourth-order valence-electron chi connectivity index (χ4n) is 2.28. The van der Waals surface area contributed by atoms with Gasteiger partial charge in [-0.05, 0) is 30.2 Å². The first-order chi connectivity index (χ1) is 7.86. The van der Waals surface area contributed by atoms with E-state index in [0.717, 1.165) is 17.9 Å². The van der Waals surface area contributed by atoms with Crippen molar-refractivity contribution in [2.24, 2.45) is 0 Å². The van der Waals surface area contributed by atoms with E-state index in [1.54, 1.807) is 0 Å². The lowest BCUT2D eigenvalue weighted by Crippen LogP contribution is -2.13. The summed E-state index contributed by atoms with van der Waals surface area (Å²) in [6.07, 6.45) is 1.12. The van der Waals surface area contributed by atoms with Gasteiger partial charge in [0.15, 0.2) is 0 Å². The molecule has 0 unspecified atom stereocenters. The summed E-state index contributed by atoms with van der Waals surface area (Å²) in [5.41, 5.74) is 3.96. The van der Waals surface area contributed by atoms with Crippen LogP contribution in [0.1, 0.15) is 5.56 Å². The molecule has 2 heteroatoms. The van der Waals surface area contributed by atoms with Gasteiger partial charge in [-0.1, -0.05) is 30.3 Å². The van der Waals surface area contributed by atoms with Crippen LogP contribution in [0.2, 0.25) is 0 Å². The molecular formula is C14H13NS. The minimum Gasteiger partial charge on any atom is -0.340 e. The van der Waals surface area contributed by atoms with Crippen LogP contribution in [0.15, 0.2) is 53.4 Å². The molecule has 1 aliphatic heterocycles. The molecule has 16 heavy (non-hydrogen) atoms. The van der Waals surface area contributed by atoms with Crippen LogP contribution in [0.25, 0.3) is 0 Å². The van der Waals surface area contributed by atoms with Crippen LogP contribution in [-0.2, 0) is 6.42 Å². The van der Waals surface area contributed by atoms with Crippen LogP contribution in [0.3, 0.4) is 0 Å². The van der Waals surface area contributed by atoms with Crippen molar-refractivity contribution in [1.29, 1.82) is 0 Å². The summed E-state index contributed by atoms with van der Waals surface area (Å²) < 4.78 is 0. The fourth-order valence-corrected chi connectivity index (χ4v) is 2.56. The Morgan fingerprint density at radius 1 is 0.875 bits per heavy atom. The largest absolute Gasteiger partial charge is 0.340 e. The van der Waals surface area contributed by atoms with Crippen LogP contribution in [0, 0.1) is 0 Å². The highest BCUT2D eigenvalue weighted by Crippen LogP contribution is 2.36. The normalized spacial score (nSPS) is 13.9. The zero-order valence-electron chi connectivity index (χ0n) is 8.93. The minimum atomic E-state index is 1.04. The Morgan fingerprint density at radius 2 is 1.56 bits per heavy atom. The average Bonchev–Trinajstić information content (AvgIpc) is 2.74. The fraction of sp³-hybridized carbons (Fsp3) is 0.143. The zero-order chi connectivity index (χ0) is 11.0. The van der Waals surface area contributed by atoms with Gasteiger partial charge in [-0.2, -0.15) is 0 Å². The highest BCUT2D eigenvalue weighted by molar-refractivity contribution is 7.80. The van der Waals surface area contributed by atoms with Gasteiger partial charge in [-0.25, -0.2) is 0 Å². The molecule has 0 bridgehead atoms.